The fourth-order valence-corrected chi connectivity index (χ4v) is 3.64. The zero-order chi connectivity index (χ0) is 15.5. The third kappa shape index (κ3) is 3.76. The van der Waals surface area contributed by atoms with Gasteiger partial charge in [-0.2, -0.15) is 0 Å². The summed E-state index contributed by atoms with van der Waals surface area (Å²) in [6.07, 6.45) is 6.68. The summed E-state index contributed by atoms with van der Waals surface area (Å²) in [7, 11) is 6.46. The van der Waals surface area contributed by atoms with Crippen molar-refractivity contribution in [3.63, 3.8) is 0 Å². The molecule has 2 fully saturated rings. The van der Waals surface area contributed by atoms with Gasteiger partial charge in [0.05, 0.1) is 0 Å². The van der Waals surface area contributed by atoms with Crippen LogP contribution in [0.25, 0.3) is 0 Å². The average molecular weight is 296 g/mol. The molecule has 1 saturated heterocycles. The van der Waals surface area contributed by atoms with Crippen LogP contribution in [0.2, 0.25) is 0 Å². The normalized spacial score (nSPS) is 22.7. The summed E-state index contributed by atoms with van der Waals surface area (Å²) in [5.41, 5.74) is 6.24. The number of likely N-dealkylation sites (tertiary alicyclic amines) is 1. The molecule has 5 heteroatoms. The van der Waals surface area contributed by atoms with Crippen LogP contribution in [0.3, 0.4) is 0 Å². The van der Waals surface area contributed by atoms with Crippen LogP contribution >= 0.6 is 0 Å². The third-order valence-electron chi connectivity index (χ3n) is 5.54. The summed E-state index contributed by atoms with van der Waals surface area (Å²) in [5.74, 6) is 0.280. The van der Waals surface area contributed by atoms with E-state index in [2.05, 4.69) is 30.9 Å². The molecule has 1 saturated carbocycles. The summed E-state index contributed by atoms with van der Waals surface area (Å²) in [4.78, 5) is 19.0. The summed E-state index contributed by atoms with van der Waals surface area (Å²) in [6.45, 7) is 3.43. The van der Waals surface area contributed by atoms with Crippen LogP contribution in [0.15, 0.2) is 0 Å². The Morgan fingerprint density at radius 1 is 1.19 bits per heavy atom. The van der Waals surface area contributed by atoms with Crippen LogP contribution in [0.1, 0.15) is 38.5 Å². The first-order valence-electron chi connectivity index (χ1n) is 8.34. The van der Waals surface area contributed by atoms with Crippen LogP contribution in [-0.2, 0) is 4.79 Å². The second kappa shape index (κ2) is 7.07. The van der Waals surface area contributed by atoms with E-state index in [1.54, 1.807) is 0 Å². The molecule has 21 heavy (non-hydrogen) atoms. The van der Waals surface area contributed by atoms with Crippen molar-refractivity contribution in [1.82, 2.24) is 14.7 Å². The van der Waals surface area contributed by atoms with Gasteiger partial charge in [0.25, 0.3) is 0 Å². The molecule has 122 valence electrons. The highest BCUT2D eigenvalue weighted by Gasteiger charge is 2.40. The van der Waals surface area contributed by atoms with Gasteiger partial charge in [-0.15, -0.1) is 0 Å². The quantitative estimate of drug-likeness (QED) is 0.753. The maximum Gasteiger partial charge on any atom is 0.224 e. The molecule has 0 spiro atoms. The lowest BCUT2D eigenvalue weighted by molar-refractivity contribution is -0.131. The molecule has 0 aromatic rings. The van der Waals surface area contributed by atoms with Crippen molar-refractivity contribution in [2.75, 3.05) is 47.3 Å². The number of nitrogens with zero attached hydrogens (tertiary/aromatic N) is 3. The van der Waals surface area contributed by atoms with Gasteiger partial charge in [0.2, 0.25) is 5.91 Å². The third-order valence-corrected chi connectivity index (χ3v) is 5.54. The van der Waals surface area contributed by atoms with Crippen molar-refractivity contribution in [3.8, 4) is 0 Å². The Hall–Kier alpha value is -0.650. The molecule has 1 aliphatic heterocycles. The Labute approximate surface area is 129 Å². The van der Waals surface area contributed by atoms with Gasteiger partial charge in [0.15, 0.2) is 0 Å². The first kappa shape index (κ1) is 16.7. The topological polar surface area (TPSA) is 52.8 Å². The minimum Gasteiger partial charge on any atom is -0.343 e. The predicted octanol–water partition coefficient (Wildman–Crippen LogP) is 0.742. The maximum absolute atomic E-state index is 12.3. The first-order valence-corrected chi connectivity index (χ1v) is 8.34. The van der Waals surface area contributed by atoms with Crippen LogP contribution in [0.5, 0.6) is 0 Å². The van der Waals surface area contributed by atoms with Crippen molar-refractivity contribution < 1.29 is 4.79 Å². The first-order chi connectivity index (χ1) is 9.98. The van der Waals surface area contributed by atoms with E-state index in [4.69, 9.17) is 5.73 Å². The summed E-state index contributed by atoms with van der Waals surface area (Å²) < 4.78 is 0. The number of nitrogens with two attached hydrogens (primary N) is 1. The molecule has 2 aliphatic rings. The minimum absolute atomic E-state index is 0.163. The molecule has 0 bridgehead atoms. The van der Waals surface area contributed by atoms with E-state index >= 15 is 0 Å². The molecule has 1 amide bonds. The van der Waals surface area contributed by atoms with Crippen molar-refractivity contribution in [2.24, 2.45) is 5.73 Å². The molecular formula is C16H32N4O. The molecular weight excluding hydrogens is 264 g/mol. The number of hydrogen-bond donors (Lipinski definition) is 1. The zero-order valence-electron chi connectivity index (χ0n) is 14.0. The van der Waals surface area contributed by atoms with Gasteiger partial charge in [0.1, 0.15) is 0 Å². The van der Waals surface area contributed by atoms with E-state index in [-0.39, 0.29) is 11.9 Å². The van der Waals surface area contributed by atoms with Gasteiger partial charge < -0.3 is 15.5 Å². The van der Waals surface area contributed by atoms with Crippen LogP contribution in [0.4, 0.5) is 0 Å². The standard InChI is InChI=1S/C16H32N4O/c1-18(2)16(7-6-8-16)13-19(3)14(12-17)11-15(21)20-9-4-5-10-20/h14H,4-13,17H2,1-3H3. The number of hydrogen-bond acceptors (Lipinski definition) is 4. The fraction of sp³-hybridized carbons (Fsp3) is 0.938. The molecule has 1 unspecified atom stereocenters. The van der Waals surface area contributed by atoms with Gasteiger partial charge in [-0.3, -0.25) is 9.69 Å². The van der Waals surface area contributed by atoms with E-state index < -0.39 is 0 Å². The average Bonchev–Trinajstić information content (AvgIpc) is 2.93. The fourth-order valence-electron chi connectivity index (χ4n) is 3.64. The van der Waals surface area contributed by atoms with Gasteiger partial charge in [-0.25, -0.2) is 0 Å². The summed E-state index contributed by atoms with van der Waals surface area (Å²) >= 11 is 0. The lowest BCUT2D eigenvalue weighted by Crippen LogP contribution is -2.59. The maximum atomic E-state index is 12.3. The lowest BCUT2D eigenvalue weighted by atomic mass is 9.75. The number of likely N-dealkylation sites (N-methyl/N-ethyl adjacent to an activating group) is 2. The molecule has 1 atom stereocenters. The SMILES string of the molecule is CN(CC1(N(C)C)CCC1)C(CN)CC(=O)N1CCCC1. The Balaban J connectivity index is 1.88. The number of carbonyl (C=O) groups excluding carboxylic acids is 1. The zero-order valence-corrected chi connectivity index (χ0v) is 14.0. The largest absolute Gasteiger partial charge is 0.343 e. The Kier molecular flexibility index (Phi) is 5.63. The summed E-state index contributed by atoms with van der Waals surface area (Å²) in [5, 5.41) is 0. The Morgan fingerprint density at radius 3 is 2.24 bits per heavy atom. The van der Waals surface area contributed by atoms with E-state index in [1.807, 2.05) is 4.90 Å². The monoisotopic (exact) mass is 296 g/mol. The van der Waals surface area contributed by atoms with E-state index in [1.165, 1.54) is 19.3 Å². The van der Waals surface area contributed by atoms with Crippen molar-refractivity contribution in [2.45, 2.75) is 50.1 Å². The summed E-state index contributed by atoms with van der Waals surface area (Å²) in [6, 6.07) is 0.163. The molecule has 2 N–H and O–H groups in total. The van der Waals surface area contributed by atoms with Crippen molar-refractivity contribution in [1.29, 1.82) is 0 Å². The van der Waals surface area contributed by atoms with Gasteiger partial charge in [-0.05, 0) is 53.2 Å². The molecule has 5 nitrogen and oxygen atoms in total. The molecule has 0 aromatic heterocycles. The number of rotatable bonds is 7. The van der Waals surface area contributed by atoms with Crippen molar-refractivity contribution in [3.05, 3.63) is 0 Å². The van der Waals surface area contributed by atoms with Crippen LogP contribution in [-0.4, -0.2) is 79.5 Å². The van der Waals surface area contributed by atoms with E-state index in [0.29, 0.717) is 18.5 Å². The molecule has 1 aliphatic carbocycles. The van der Waals surface area contributed by atoms with Crippen LogP contribution < -0.4 is 5.73 Å². The van der Waals surface area contributed by atoms with Crippen molar-refractivity contribution >= 4 is 5.91 Å². The van der Waals surface area contributed by atoms with Crippen LogP contribution in [0, 0.1) is 0 Å². The lowest BCUT2D eigenvalue weighted by Gasteiger charge is -2.50. The Bertz CT molecular complexity index is 348. The van der Waals surface area contributed by atoms with E-state index in [9.17, 15) is 4.79 Å². The number of amides is 1. The van der Waals surface area contributed by atoms with Gasteiger partial charge in [0, 0.05) is 44.2 Å². The highest BCUT2D eigenvalue weighted by Crippen LogP contribution is 2.37. The predicted molar refractivity (Wildman–Crippen MR) is 86.2 cm³/mol. The Morgan fingerprint density at radius 2 is 1.81 bits per heavy atom. The van der Waals surface area contributed by atoms with Gasteiger partial charge >= 0.3 is 0 Å². The number of carbonyl (C=O) groups is 1. The van der Waals surface area contributed by atoms with Gasteiger partial charge in [-0.1, -0.05) is 0 Å². The molecule has 1 heterocycles. The second-order valence-corrected chi connectivity index (χ2v) is 7.07. The molecule has 0 radical (unpaired) electrons. The smallest absolute Gasteiger partial charge is 0.224 e. The highest BCUT2D eigenvalue weighted by atomic mass is 16.2. The second-order valence-electron chi connectivity index (χ2n) is 7.07. The molecule has 2 rings (SSSR count). The molecule has 0 aromatic carbocycles. The highest BCUT2D eigenvalue weighted by molar-refractivity contribution is 5.77. The van der Waals surface area contributed by atoms with E-state index in [0.717, 1.165) is 32.5 Å². The minimum atomic E-state index is 0.163.